The molecule has 1 amide bonds. The summed E-state index contributed by atoms with van der Waals surface area (Å²) in [5, 5.41) is 0. The first kappa shape index (κ1) is 25.8. The number of alkyl halides is 3. The summed E-state index contributed by atoms with van der Waals surface area (Å²) >= 11 is 0. The fraction of sp³-hybridized carbons (Fsp3) is 0.478. The number of nitrogens with zero attached hydrogens (tertiary/aromatic N) is 3. The highest BCUT2D eigenvalue weighted by Gasteiger charge is 2.36. The highest BCUT2D eigenvalue weighted by Crippen LogP contribution is 2.32. The van der Waals surface area contributed by atoms with E-state index in [0.29, 0.717) is 31.0 Å². The van der Waals surface area contributed by atoms with Gasteiger partial charge in [0.15, 0.2) is 0 Å². The van der Waals surface area contributed by atoms with Crippen molar-refractivity contribution < 1.29 is 26.4 Å². The molecule has 1 aromatic carbocycles. The van der Waals surface area contributed by atoms with E-state index < -0.39 is 27.7 Å². The van der Waals surface area contributed by atoms with Crippen LogP contribution in [0.4, 0.5) is 24.7 Å². The summed E-state index contributed by atoms with van der Waals surface area (Å²) in [7, 11) is -3.44. The van der Waals surface area contributed by atoms with Gasteiger partial charge in [-0.3, -0.25) is 9.52 Å². The van der Waals surface area contributed by atoms with E-state index in [-0.39, 0.29) is 24.4 Å². The highest BCUT2D eigenvalue weighted by atomic mass is 32.2. The van der Waals surface area contributed by atoms with Crippen LogP contribution < -0.4 is 9.62 Å². The Labute approximate surface area is 198 Å². The van der Waals surface area contributed by atoms with Crippen LogP contribution in [0.15, 0.2) is 42.6 Å². The summed E-state index contributed by atoms with van der Waals surface area (Å²) in [4.78, 5) is 20.4. The van der Waals surface area contributed by atoms with E-state index in [1.807, 2.05) is 4.90 Å². The molecule has 1 aliphatic rings. The van der Waals surface area contributed by atoms with Crippen molar-refractivity contribution in [3.63, 3.8) is 0 Å². The molecule has 0 spiro atoms. The van der Waals surface area contributed by atoms with Crippen molar-refractivity contribution in [2.24, 2.45) is 0 Å². The quantitative estimate of drug-likeness (QED) is 0.519. The van der Waals surface area contributed by atoms with E-state index in [4.69, 9.17) is 0 Å². The number of hydrogen-bond acceptors (Lipinski definition) is 5. The summed E-state index contributed by atoms with van der Waals surface area (Å²) in [6, 6.07) is 8.11. The van der Waals surface area contributed by atoms with Crippen molar-refractivity contribution in [3.8, 4) is 0 Å². The second-order valence-corrected chi connectivity index (χ2v) is 10.1. The molecule has 1 fully saturated rings. The number of aromatic nitrogens is 1. The lowest BCUT2D eigenvalue weighted by atomic mass is 10.1. The van der Waals surface area contributed by atoms with Crippen LogP contribution in [0.2, 0.25) is 0 Å². The molecular weight excluding hydrogens is 469 g/mol. The van der Waals surface area contributed by atoms with Crippen LogP contribution in [0.3, 0.4) is 0 Å². The van der Waals surface area contributed by atoms with Gasteiger partial charge in [-0.25, -0.2) is 13.4 Å². The van der Waals surface area contributed by atoms with Crippen LogP contribution in [-0.4, -0.2) is 56.1 Å². The maximum absolute atomic E-state index is 13.3. The van der Waals surface area contributed by atoms with Gasteiger partial charge in [0, 0.05) is 26.2 Å². The molecule has 34 heavy (non-hydrogen) atoms. The SMILES string of the molecule is CCCCCCS(=O)(=O)Nc1ccc(N2CCN(C(=O)c3ccccc3C(F)(F)F)CC2)nc1. The Hall–Kier alpha value is -2.82. The second-order valence-electron chi connectivity index (χ2n) is 8.21. The van der Waals surface area contributed by atoms with Crippen molar-refractivity contribution in [1.82, 2.24) is 9.88 Å². The molecule has 1 N–H and O–H groups in total. The number of halogens is 3. The molecule has 7 nitrogen and oxygen atoms in total. The molecule has 0 radical (unpaired) electrons. The van der Waals surface area contributed by atoms with Crippen molar-refractivity contribution in [2.45, 2.75) is 38.8 Å². The van der Waals surface area contributed by atoms with Crippen molar-refractivity contribution >= 4 is 27.4 Å². The molecule has 3 rings (SSSR count). The van der Waals surface area contributed by atoms with Gasteiger partial charge in [0.05, 0.1) is 28.8 Å². The number of unbranched alkanes of at least 4 members (excludes halogenated alkanes) is 3. The highest BCUT2D eigenvalue weighted by molar-refractivity contribution is 7.92. The molecule has 0 saturated carbocycles. The number of carbonyl (C=O) groups is 1. The number of anilines is 2. The van der Waals surface area contributed by atoms with Crippen LogP contribution in [0.25, 0.3) is 0 Å². The minimum atomic E-state index is -4.60. The van der Waals surface area contributed by atoms with Crippen LogP contribution in [-0.2, 0) is 16.2 Å². The maximum atomic E-state index is 13.3. The first-order chi connectivity index (χ1) is 16.1. The number of carbonyl (C=O) groups excluding carboxylic acids is 1. The van der Waals surface area contributed by atoms with Crippen LogP contribution in [0.1, 0.15) is 48.5 Å². The Kier molecular flexibility index (Phi) is 8.40. The maximum Gasteiger partial charge on any atom is 0.417 e. The molecule has 1 saturated heterocycles. The number of sulfonamides is 1. The van der Waals surface area contributed by atoms with Gasteiger partial charge in [0.2, 0.25) is 10.0 Å². The van der Waals surface area contributed by atoms with Crippen LogP contribution in [0.5, 0.6) is 0 Å². The first-order valence-electron chi connectivity index (χ1n) is 11.3. The smallest absolute Gasteiger partial charge is 0.353 e. The number of piperazine rings is 1. The van der Waals surface area contributed by atoms with Crippen molar-refractivity contribution in [2.75, 3.05) is 41.6 Å². The lowest BCUT2D eigenvalue weighted by Gasteiger charge is -2.35. The molecule has 0 bridgehead atoms. The topological polar surface area (TPSA) is 82.6 Å². The Morgan fingerprint density at radius 1 is 1.03 bits per heavy atom. The molecule has 2 heterocycles. The molecular formula is C23H29F3N4O3S. The number of pyridine rings is 1. The number of nitrogens with one attached hydrogen (secondary N) is 1. The lowest BCUT2D eigenvalue weighted by Crippen LogP contribution is -2.49. The fourth-order valence-corrected chi connectivity index (χ4v) is 4.97. The number of amides is 1. The molecule has 186 valence electrons. The molecule has 1 aromatic heterocycles. The zero-order valence-corrected chi connectivity index (χ0v) is 19.8. The summed E-state index contributed by atoms with van der Waals surface area (Å²) in [5.74, 6) is 0.0141. The van der Waals surface area contributed by atoms with E-state index in [0.717, 1.165) is 25.3 Å². The van der Waals surface area contributed by atoms with E-state index in [1.54, 1.807) is 12.1 Å². The zero-order valence-electron chi connectivity index (χ0n) is 19.0. The molecule has 0 aliphatic carbocycles. The average Bonchev–Trinajstić information content (AvgIpc) is 2.81. The number of hydrogen-bond donors (Lipinski definition) is 1. The Bertz CT molecular complexity index is 1070. The third-order valence-electron chi connectivity index (χ3n) is 5.64. The molecule has 2 aromatic rings. The molecule has 0 atom stereocenters. The molecule has 0 unspecified atom stereocenters. The van der Waals surface area contributed by atoms with Gasteiger partial charge < -0.3 is 9.80 Å². The van der Waals surface area contributed by atoms with Gasteiger partial charge in [-0.05, 0) is 30.7 Å². The van der Waals surface area contributed by atoms with E-state index in [9.17, 15) is 26.4 Å². The minimum Gasteiger partial charge on any atom is -0.353 e. The van der Waals surface area contributed by atoms with Crippen LogP contribution in [0, 0.1) is 0 Å². The van der Waals surface area contributed by atoms with Crippen molar-refractivity contribution in [1.29, 1.82) is 0 Å². The lowest BCUT2D eigenvalue weighted by molar-refractivity contribution is -0.138. The summed E-state index contributed by atoms with van der Waals surface area (Å²) < 4.78 is 66.7. The predicted octanol–water partition coefficient (Wildman–Crippen LogP) is 4.38. The van der Waals surface area contributed by atoms with Crippen molar-refractivity contribution in [3.05, 3.63) is 53.7 Å². The summed E-state index contributed by atoms with van der Waals surface area (Å²) in [5.41, 5.74) is -0.919. The number of rotatable bonds is 9. The van der Waals surface area contributed by atoms with Gasteiger partial charge in [-0.1, -0.05) is 38.3 Å². The Morgan fingerprint density at radius 2 is 1.74 bits per heavy atom. The van der Waals surface area contributed by atoms with Crippen LogP contribution >= 0.6 is 0 Å². The number of benzene rings is 1. The largest absolute Gasteiger partial charge is 0.417 e. The minimum absolute atomic E-state index is 0.0577. The van der Waals surface area contributed by atoms with Gasteiger partial charge >= 0.3 is 6.18 Å². The third-order valence-corrected chi connectivity index (χ3v) is 7.01. The summed E-state index contributed by atoms with van der Waals surface area (Å²) in [6.07, 6.45) is 0.338. The molecule has 1 aliphatic heterocycles. The standard InChI is InChI=1S/C23H29F3N4O3S/c1-2-3-4-7-16-34(32,33)28-18-10-11-21(27-17-18)29-12-14-30(15-13-29)22(31)19-8-5-6-9-20(19)23(24,25)26/h5-6,8-11,17,28H,2-4,7,12-16H2,1H3. The van der Waals surface area contributed by atoms with Gasteiger partial charge in [0.25, 0.3) is 5.91 Å². The Morgan fingerprint density at radius 3 is 2.35 bits per heavy atom. The predicted molar refractivity (Wildman–Crippen MR) is 125 cm³/mol. The van der Waals surface area contributed by atoms with Gasteiger partial charge in [-0.15, -0.1) is 0 Å². The van der Waals surface area contributed by atoms with E-state index in [2.05, 4.69) is 16.6 Å². The van der Waals surface area contributed by atoms with E-state index in [1.165, 1.54) is 29.3 Å². The third kappa shape index (κ3) is 6.85. The zero-order chi connectivity index (χ0) is 24.8. The van der Waals surface area contributed by atoms with Gasteiger partial charge in [-0.2, -0.15) is 13.2 Å². The average molecular weight is 499 g/mol. The Balaban J connectivity index is 1.56. The fourth-order valence-electron chi connectivity index (χ4n) is 3.81. The first-order valence-corrected chi connectivity index (χ1v) is 12.9. The molecule has 11 heteroatoms. The monoisotopic (exact) mass is 498 g/mol. The summed E-state index contributed by atoms with van der Waals surface area (Å²) in [6.45, 7) is 3.35. The second kappa shape index (κ2) is 11.1. The van der Waals surface area contributed by atoms with E-state index >= 15 is 0 Å². The normalized spacial score (nSPS) is 14.8. The van der Waals surface area contributed by atoms with Gasteiger partial charge in [0.1, 0.15) is 5.82 Å².